The van der Waals surface area contributed by atoms with E-state index in [1.807, 2.05) is 0 Å². The molecule has 0 radical (unpaired) electrons. The number of rotatable bonds is 4. The second-order valence-corrected chi connectivity index (χ2v) is 4.14. The molecule has 1 aliphatic carbocycles. The molecule has 14 heavy (non-hydrogen) atoms. The number of amides is 1. The van der Waals surface area contributed by atoms with E-state index in [9.17, 15) is 4.79 Å². The predicted molar refractivity (Wildman–Crippen MR) is 56.1 cm³/mol. The van der Waals surface area contributed by atoms with Crippen molar-refractivity contribution in [2.24, 2.45) is 5.92 Å². The van der Waals surface area contributed by atoms with Crippen LogP contribution in [0.1, 0.15) is 39.0 Å². The van der Waals surface area contributed by atoms with Gasteiger partial charge in [-0.05, 0) is 18.8 Å². The lowest BCUT2D eigenvalue weighted by molar-refractivity contribution is -0.125. The summed E-state index contributed by atoms with van der Waals surface area (Å²) in [7, 11) is 1.55. The van der Waals surface area contributed by atoms with Crippen LogP contribution in [0.3, 0.4) is 0 Å². The number of ether oxygens (including phenoxy) is 1. The number of hydrogen-bond donors (Lipinski definition) is 1. The summed E-state index contributed by atoms with van der Waals surface area (Å²) >= 11 is 0. The number of hydrogen-bond acceptors (Lipinski definition) is 2. The van der Waals surface area contributed by atoms with Gasteiger partial charge in [-0.25, -0.2) is 0 Å². The summed E-state index contributed by atoms with van der Waals surface area (Å²) in [6.07, 6.45) is 6.08. The summed E-state index contributed by atoms with van der Waals surface area (Å²) in [5, 5.41) is 3.02. The summed E-state index contributed by atoms with van der Waals surface area (Å²) in [4.78, 5) is 11.3. The van der Waals surface area contributed by atoms with E-state index in [1.165, 1.54) is 19.3 Å². The third-order valence-corrected chi connectivity index (χ3v) is 3.00. The molecule has 0 saturated heterocycles. The summed E-state index contributed by atoms with van der Waals surface area (Å²) in [6.45, 7) is 2.41. The normalized spacial score (nSPS) is 27.3. The summed E-state index contributed by atoms with van der Waals surface area (Å²) in [6, 6.07) is 0.386. The standard InChI is InChI=1S/C11H21NO2/c1-3-9-5-4-6-10(7-9)12-11(13)8-14-2/h9-10H,3-8H2,1-2H3,(H,12,13)/t9-,10+/m0/s1. The van der Waals surface area contributed by atoms with Gasteiger partial charge in [-0.1, -0.05) is 26.2 Å². The monoisotopic (exact) mass is 199 g/mol. The molecule has 0 aromatic carbocycles. The van der Waals surface area contributed by atoms with Crippen LogP contribution in [-0.2, 0) is 9.53 Å². The Morgan fingerprint density at radius 2 is 2.29 bits per heavy atom. The molecule has 1 saturated carbocycles. The van der Waals surface area contributed by atoms with Gasteiger partial charge in [0.15, 0.2) is 0 Å². The maximum absolute atomic E-state index is 11.3. The molecule has 0 unspecified atom stereocenters. The van der Waals surface area contributed by atoms with Gasteiger partial charge >= 0.3 is 0 Å². The molecular formula is C11H21NO2. The number of nitrogens with one attached hydrogen (secondary N) is 1. The van der Waals surface area contributed by atoms with Crippen LogP contribution in [0.2, 0.25) is 0 Å². The van der Waals surface area contributed by atoms with Gasteiger partial charge in [-0.2, -0.15) is 0 Å². The smallest absolute Gasteiger partial charge is 0.246 e. The Hall–Kier alpha value is -0.570. The Morgan fingerprint density at radius 1 is 1.50 bits per heavy atom. The molecular weight excluding hydrogens is 178 g/mol. The van der Waals surface area contributed by atoms with E-state index in [-0.39, 0.29) is 12.5 Å². The molecule has 0 heterocycles. The first-order valence-electron chi connectivity index (χ1n) is 5.54. The van der Waals surface area contributed by atoms with Crippen molar-refractivity contribution in [1.82, 2.24) is 5.32 Å². The lowest BCUT2D eigenvalue weighted by atomic mass is 9.84. The highest BCUT2D eigenvalue weighted by Gasteiger charge is 2.21. The maximum Gasteiger partial charge on any atom is 0.246 e. The highest BCUT2D eigenvalue weighted by molar-refractivity contribution is 5.77. The highest BCUT2D eigenvalue weighted by atomic mass is 16.5. The fraction of sp³-hybridized carbons (Fsp3) is 0.909. The highest BCUT2D eigenvalue weighted by Crippen LogP contribution is 2.26. The maximum atomic E-state index is 11.3. The summed E-state index contributed by atoms with van der Waals surface area (Å²) in [5.41, 5.74) is 0. The van der Waals surface area contributed by atoms with Gasteiger partial charge < -0.3 is 10.1 Å². The van der Waals surface area contributed by atoms with Gasteiger partial charge in [0.05, 0.1) is 0 Å². The molecule has 0 spiro atoms. The fourth-order valence-electron chi connectivity index (χ4n) is 2.19. The zero-order chi connectivity index (χ0) is 10.4. The first kappa shape index (κ1) is 11.5. The number of carbonyl (C=O) groups excluding carboxylic acids is 1. The minimum Gasteiger partial charge on any atom is -0.375 e. The molecule has 2 atom stereocenters. The molecule has 1 N–H and O–H groups in total. The lowest BCUT2D eigenvalue weighted by Crippen LogP contribution is -2.40. The van der Waals surface area contributed by atoms with Crippen molar-refractivity contribution in [3.8, 4) is 0 Å². The van der Waals surface area contributed by atoms with E-state index >= 15 is 0 Å². The predicted octanol–water partition coefficient (Wildman–Crippen LogP) is 1.72. The zero-order valence-electron chi connectivity index (χ0n) is 9.21. The minimum atomic E-state index is 0.0225. The van der Waals surface area contributed by atoms with E-state index in [0.717, 1.165) is 18.8 Å². The largest absolute Gasteiger partial charge is 0.375 e. The van der Waals surface area contributed by atoms with Crippen LogP contribution in [0.5, 0.6) is 0 Å². The van der Waals surface area contributed by atoms with Crippen molar-refractivity contribution in [3.63, 3.8) is 0 Å². The molecule has 0 bridgehead atoms. The SMILES string of the molecule is CC[C@H]1CCC[C@@H](NC(=O)COC)C1. The van der Waals surface area contributed by atoms with Crippen molar-refractivity contribution in [2.75, 3.05) is 13.7 Å². The Morgan fingerprint density at radius 3 is 2.93 bits per heavy atom. The summed E-state index contributed by atoms with van der Waals surface area (Å²) in [5.74, 6) is 0.825. The van der Waals surface area contributed by atoms with Crippen molar-refractivity contribution < 1.29 is 9.53 Å². The van der Waals surface area contributed by atoms with Crippen LogP contribution in [0.4, 0.5) is 0 Å². The molecule has 1 amide bonds. The van der Waals surface area contributed by atoms with Crippen LogP contribution in [0, 0.1) is 5.92 Å². The molecule has 0 aromatic rings. The van der Waals surface area contributed by atoms with Gasteiger partial charge in [0, 0.05) is 13.2 Å². The molecule has 1 aliphatic rings. The van der Waals surface area contributed by atoms with Crippen molar-refractivity contribution in [2.45, 2.75) is 45.1 Å². The first-order chi connectivity index (χ1) is 6.76. The molecule has 0 aliphatic heterocycles. The van der Waals surface area contributed by atoms with E-state index < -0.39 is 0 Å². The second kappa shape index (κ2) is 6.02. The van der Waals surface area contributed by atoms with E-state index in [4.69, 9.17) is 4.74 Å². The Balaban J connectivity index is 2.26. The molecule has 0 aromatic heterocycles. The van der Waals surface area contributed by atoms with E-state index in [0.29, 0.717) is 6.04 Å². The van der Waals surface area contributed by atoms with Gasteiger partial charge in [0.25, 0.3) is 0 Å². The number of carbonyl (C=O) groups is 1. The third-order valence-electron chi connectivity index (χ3n) is 3.00. The lowest BCUT2D eigenvalue weighted by Gasteiger charge is -2.28. The Bertz CT molecular complexity index is 182. The van der Waals surface area contributed by atoms with Crippen LogP contribution in [0.15, 0.2) is 0 Å². The molecule has 3 heteroatoms. The van der Waals surface area contributed by atoms with Gasteiger partial charge in [0.1, 0.15) is 6.61 Å². The average Bonchev–Trinajstić information content (AvgIpc) is 2.18. The van der Waals surface area contributed by atoms with Gasteiger partial charge in [0.2, 0.25) is 5.91 Å². The third kappa shape index (κ3) is 3.66. The quantitative estimate of drug-likeness (QED) is 0.748. The van der Waals surface area contributed by atoms with Crippen LogP contribution < -0.4 is 5.32 Å². The topological polar surface area (TPSA) is 38.3 Å². The fourth-order valence-corrected chi connectivity index (χ4v) is 2.19. The first-order valence-corrected chi connectivity index (χ1v) is 5.54. The van der Waals surface area contributed by atoms with Gasteiger partial charge in [-0.15, -0.1) is 0 Å². The van der Waals surface area contributed by atoms with Crippen molar-refractivity contribution in [3.05, 3.63) is 0 Å². The van der Waals surface area contributed by atoms with Gasteiger partial charge in [-0.3, -0.25) is 4.79 Å². The molecule has 1 rings (SSSR count). The minimum absolute atomic E-state index is 0.0225. The second-order valence-electron chi connectivity index (χ2n) is 4.14. The average molecular weight is 199 g/mol. The van der Waals surface area contributed by atoms with E-state index in [2.05, 4.69) is 12.2 Å². The van der Waals surface area contributed by atoms with Crippen molar-refractivity contribution >= 4 is 5.91 Å². The molecule has 1 fully saturated rings. The van der Waals surface area contributed by atoms with Crippen molar-refractivity contribution in [1.29, 1.82) is 0 Å². The molecule has 3 nitrogen and oxygen atoms in total. The van der Waals surface area contributed by atoms with E-state index in [1.54, 1.807) is 7.11 Å². The Kier molecular flexibility index (Phi) is 4.94. The van der Waals surface area contributed by atoms with Crippen LogP contribution >= 0.6 is 0 Å². The summed E-state index contributed by atoms with van der Waals surface area (Å²) < 4.78 is 4.79. The zero-order valence-corrected chi connectivity index (χ0v) is 9.21. The Labute approximate surface area is 86.2 Å². The molecule has 82 valence electrons. The van der Waals surface area contributed by atoms with Crippen LogP contribution in [0.25, 0.3) is 0 Å². The number of methoxy groups -OCH3 is 1. The van der Waals surface area contributed by atoms with Crippen LogP contribution in [-0.4, -0.2) is 25.7 Å².